The van der Waals surface area contributed by atoms with Gasteiger partial charge in [-0.15, -0.1) is 0 Å². The van der Waals surface area contributed by atoms with E-state index in [4.69, 9.17) is 0 Å². The van der Waals surface area contributed by atoms with Crippen LogP contribution in [0.2, 0.25) is 0 Å². The quantitative estimate of drug-likeness (QED) is 0.563. The summed E-state index contributed by atoms with van der Waals surface area (Å²) in [6.07, 6.45) is 2.04. The molecule has 2 aliphatic rings. The van der Waals surface area contributed by atoms with Crippen LogP contribution in [0, 0.1) is 23.2 Å². The first kappa shape index (κ1) is 7.33. The Bertz CT molecular complexity index is 207. The first-order valence-corrected chi connectivity index (χ1v) is 4.62. The van der Waals surface area contributed by atoms with E-state index in [2.05, 4.69) is 20.8 Å². The van der Waals surface area contributed by atoms with Gasteiger partial charge in [-0.2, -0.15) is 0 Å². The number of fused-ring (bicyclic) bond motifs is 1. The molecule has 2 rings (SSSR count). The summed E-state index contributed by atoms with van der Waals surface area (Å²) in [5, 5.41) is 0. The van der Waals surface area contributed by atoms with Crippen LogP contribution in [0.3, 0.4) is 0 Å². The molecule has 0 radical (unpaired) electrons. The molecule has 3 atom stereocenters. The van der Waals surface area contributed by atoms with Crippen molar-refractivity contribution >= 4 is 5.78 Å². The van der Waals surface area contributed by atoms with Crippen LogP contribution in [0.5, 0.6) is 0 Å². The van der Waals surface area contributed by atoms with Crippen LogP contribution in [-0.2, 0) is 4.79 Å². The van der Waals surface area contributed by atoms with Crippen LogP contribution in [0.15, 0.2) is 0 Å². The van der Waals surface area contributed by atoms with Gasteiger partial charge in [0.05, 0.1) is 0 Å². The maximum Gasteiger partial charge on any atom is 0.139 e. The lowest BCUT2D eigenvalue weighted by atomic mass is 9.89. The summed E-state index contributed by atoms with van der Waals surface area (Å²) < 4.78 is 0. The lowest BCUT2D eigenvalue weighted by Gasteiger charge is -2.14. The molecule has 11 heavy (non-hydrogen) atoms. The lowest BCUT2D eigenvalue weighted by Crippen LogP contribution is -2.18. The molecule has 2 fully saturated rings. The van der Waals surface area contributed by atoms with Crippen molar-refractivity contribution < 1.29 is 4.79 Å². The average Bonchev–Trinajstić information content (AvgIpc) is 2.56. The van der Waals surface area contributed by atoms with Gasteiger partial charge >= 0.3 is 0 Å². The van der Waals surface area contributed by atoms with Gasteiger partial charge in [0.15, 0.2) is 0 Å². The number of carbonyl (C=O) groups is 1. The minimum absolute atomic E-state index is 0.152. The Balaban J connectivity index is 2.26. The van der Waals surface area contributed by atoms with Crippen molar-refractivity contribution in [1.82, 2.24) is 0 Å². The molecule has 0 aromatic heterocycles. The predicted molar refractivity (Wildman–Crippen MR) is 44.2 cm³/mol. The van der Waals surface area contributed by atoms with Gasteiger partial charge in [-0.3, -0.25) is 4.79 Å². The zero-order chi connectivity index (χ0) is 8.22. The van der Waals surface area contributed by atoms with Gasteiger partial charge in [0, 0.05) is 11.8 Å². The molecular weight excluding hydrogens is 136 g/mol. The van der Waals surface area contributed by atoms with E-state index in [9.17, 15) is 4.79 Å². The van der Waals surface area contributed by atoms with Gasteiger partial charge in [-0.25, -0.2) is 0 Å². The largest absolute Gasteiger partial charge is 0.299 e. The second-order valence-electron chi connectivity index (χ2n) is 4.61. The number of rotatable bonds is 1. The maximum absolute atomic E-state index is 11.6. The number of Topliss-reactive ketones (excluding diaryl/α,β-unsaturated/α-hetero) is 1. The highest BCUT2D eigenvalue weighted by molar-refractivity contribution is 5.91. The third-order valence-electron chi connectivity index (χ3n) is 3.80. The van der Waals surface area contributed by atoms with Gasteiger partial charge in [0.1, 0.15) is 5.78 Å². The van der Waals surface area contributed by atoms with Crippen LogP contribution in [0.1, 0.15) is 33.6 Å². The van der Waals surface area contributed by atoms with Crippen molar-refractivity contribution in [2.45, 2.75) is 33.6 Å². The fourth-order valence-corrected chi connectivity index (χ4v) is 2.95. The lowest BCUT2D eigenvalue weighted by molar-refractivity contribution is -0.124. The molecular formula is C10H16O. The summed E-state index contributed by atoms with van der Waals surface area (Å²) in [5.41, 5.74) is 0.152. The summed E-state index contributed by atoms with van der Waals surface area (Å²) in [4.78, 5) is 11.6. The summed E-state index contributed by atoms with van der Waals surface area (Å²) in [5.74, 6) is 2.54. The van der Waals surface area contributed by atoms with Crippen molar-refractivity contribution in [3.8, 4) is 0 Å². The van der Waals surface area contributed by atoms with E-state index in [1.54, 1.807) is 0 Å². The Morgan fingerprint density at radius 2 is 2.18 bits per heavy atom. The van der Waals surface area contributed by atoms with E-state index >= 15 is 0 Å². The number of hydrogen-bond donors (Lipinski definition) is 0. The van der Waals surface area contributed by atoms with Crippen molar-refractivity contribution in [1.29, 1.82) is 0 Å². The molecule has 0 N–H and O–H groups in total. The Morgan fingerprint density at radius 1 is 1.55 bits per heavy atom. The molecule has 0 saturated heterocycles. The van der Waals surface area contributed by atoms with Gasteiger partial charge in [-0.1, -0.05) is 20.8 Å². The van der Waals surface area contributed by atoms with Crippen LogP contribution >= 0.6 is 0 Å². The second-order valence-corrected chi connectivity index (χ2v) is 4.61. The van der Waals surface area contributed by atoms with Crippen LogP contribution in [-0.4, -0.2) is 5.78 Å². The first-order valence-electron chi connectivity index (χ1n) is 4.62. The van der Waals surface area contributed by atoms with Crippen LogP contribution in [0.4, 0.5) is 0 Å². The molecule has 0 spiro atoms. The highest BCUT2D eigenvalue weighted by Crippen LogP contribution is 2.67. The summed E-state index contributed by atoms with van der Waals surface area (Å²) in [6, 6.07) is 0. The molecule has 0 aliphatic heterocycles. The third-order valence-corrected chi connectivity index (χ3v) is 3.80. The summed E-state index contributed by atoms with van der Waals surface area (Å²) >= 11 is 0. The maximum atomic E-state index is 11.6. The molecule has 2 saturated carbocycles. The van der Waals surface area contributed by atoms with Crippen molar-refractivity contribution in [3.63, 3.8) is 0 Å². The van der Waals surface area contributed by atoms with E-state index in [0.29, 0.717) is 17.6 Å². The molecule has 0 aromatic rings. The minimum atomic E-state index is 0.152. The zero-order valence-corrected chi connectivity index (χ0v) is 7.55. The van der Waals surface area contributed by atoms with Gasteiger partial charge < -0.3 is 0 Å². The molecule has 2 aliphatic carbocycles. The molecule has 0 amide bonds. The highest BCUT2D eigenvalue weighted by Gasteiger charge is 2.66. The average molecular weight is 152 g/mol. The fourth-order valence-electron chi connectivity index (χ4n) is 2.95. The Labute approximate surface area is 68.2 Å². The monoisotopic (exact) mass is 152 g/mol. The minimum Gasteiger partial charge on any atom is -0.299 e. The Hall–Kier alpha value is -0.330. The van der Waals surface area contributed by atoms with Crippen molar-refractivity contribution in [2.24, 2.45) is 23.2 Å². The normalized spacial score (nSPS) is 48.2. The molecule has 0 aromatic carbocycles. The van der Waals surface area contributed by atoms with Crippen LogP contribution < -0.4 is 0 Å². The predicted octanol–water partition coefficient (Wildman–Crippen LogP) is 2.26. The second kappa shape index (κ2) is 1.88. The molecule has 3 unspecified atom stereocenters. The Morgan fingerprint density at radius 3 is 2.36 bits per heavy atom. The molecule has 1 nitrogen and oxygen atoms in total. The molecule has 0 bridgehead atoms. The molecule has 0 heterocycles. The zero-order valence-electron chi connectivity index (χ0n) is 7.55. The number of ketones is 1. The van der Waals surface area contributed by atoms with Crippen LogP contribution in [0.25, 0.3) is 0 Å². The van der Waals surface area contributed by atoms with E-state index in [-0.39, 0.29) is 5.41 Å². The van der Waals surface area contributed by atoms with E-state index in [0.717, 1.165) is 12.3 Å². The van der Waals surface area contributed by atoms with Gasteiger partial charge in [0.25, 0.3) is 0 Å². The smallest absolute Gasteiger partial charge is 0.139 e. The topological polar surface area (TPSA) is 17.1 Å². The summed E-state index contributed by atoms with van der Waals surface area (Å²) in [7, 11) is 0. The number of carbonyl (C=O) groups excluding carboxylic acids is 1. The van der Waals surface area contributed by atoms with Gasteiger partial charge in [-0.05, 0) is 24.2 Å². The third kappa shape index (κ3) is 0.692. The van der Waals surface area contributed by atoms with E-state index in [1.165, 1.54) is 6.42 Å². The SMILES string of the molecule is CC1CC(=O)C2(C(C)C)CC12. The van der Waals surface area contributed by atoms with E-state index in [1.807, 2.05) is 0 Å². The Kier molecular flexibility index (Phi) is 1.25. The van der Waals surface area contributed by atoms with E-state index < -0.39 is 0 Å². The van der Waals surface area contributed by atoms with Gasteiger partial charge in [0.2, 0.25) is 0 Å². The molecule has 1 heteroatoms. The molecule has 62 valence electrons. The van der Waals surface area contributed by atoms with Crippen molar-refractivity contribution in [2.75, 3.05) is 0 Å². The standard InChI is InChI=1S/C10H16O/c1-6(2)10-5-8(10)7(3)4-9(10)11/h6-8H,4-5H2,1-3H3. The fraction of sp³-hybridized carbons (Fsp3) is 0.900. The number of hydrogen-bond acceptors (Lipinski definition) is 1. The highest BCUT2D eigenvalue weighted by atomic mass is 16.1. The first-order chi connectivity index (χ1) is 5.09. The van der Waals surface area contributed by atoms with Crippen molar-refractivity contribution in [3.05, 3.63) is 0 Å². The summed E-state index contributed by atoms with van der Waals surface area (Å²) in [6.45, 7) is 6.60.